The van der Waals surface area contributed by atoms with Crippen molar-refractivity contribution in [1.29, 1.82) is 0 Å². The van der Waals surface area contributed by atoms with Crippen LogP contribution in [0.4, 0.5) is 0 Å². The summed E-state index contributed by atoms with van der Waals surface area (Å²) in [5, 5.41) is 8.02. The van der Waals surface area contributed by atoms with Crippen molar-refractivity contribution in [1.82, 2.24) is 23.4 Å². The SMILES string of the molecule is Cn1cnnc1C1CCCN(S(=O)(=O)N2CCOCC2)C1. The number of morpholine rings is 1. The Hall–Kier alpha value is -1.03. The number of aryl methyl sites for hydroxylation is 1. The number of aromatic nitrogens is 3. The van der Waals surface area contributed by atoms with Crippen LogP contribution >= 0.6 is 0 Å². The van der Waals surface area contributed by atoms with E-state index in [1.165, 1.54) is 4.31 Å². The zero-order chi connectivity index (χ0) is 14.9. The molecule has 0 radical (unpaired) electrons. The first-order valence-corrected chi connectivity index (χ1v) is 8.65. The largest absolute Gasteiger partial charge is 0.379 e. The molecule has 2 aliphatic heterocycles. The maximum atomic E-state index is 12.7. The summed E-state index contributed by atoms with van der Waals surface area (Å²) in [6.45, 7) is 2.88. The number of ether oxygens (including phenoxy) is 1. The van der Waals surface area contributed by atoms with Gasteiger partial charge in [-0.1, -0.05) is 0 Å². The monoisotopic (exact) mass is 315 g/mol. The quantitative estimate of drug-likeness (QED) is 0.756. The molecule has 0 N–H and O–H groups in total. The molecule has 9 heteroatoms. The number of rotatable bonds is 3. The molecule has 1 aromatic heterocycles. The molecule has 2 fully saturated rings. The van der Waals surface area contributed by atoms with Crippen molar-refractivity contribution in [2.24, 2.45) is 7.05 Å². The molecule has 3 heterocycles. The van der Waals surface area contributed by atoms with Crippen molar-refractivity contribution in [2.75, 3.05) is 39.4 Å². The summed E-state index contributed by atoms with van der Waals surface area (Å²) in [5.74, 6) is 0.971. The molecule has 1 unspecified atom stereocenters. The third-order valence-corrected chi connectivity index (χ3v) is 6.12. The van der Waals surface area contributed by atoms with Crippen LogP contribution in [-0.2, 0) is 22.0 Å². The van der Waals surface area contributed by atoms with Crippen LogP contribution in [0.1, 0.15) is 24.6 Å². The Morgan fingerprint density at radius 2 is 2.00 bits per heavy atom. The molecule has 3 rings (SSSR count). The van der Waals surface area contributed by atoms with Gasteiger partial charge in [-0.3, -0.25) is 0 Å². The maximum absolute atomic E-state index is 12.7. The Bertz CT molecular complexity index is 581. The lowest BCUT2D eigenvalue weighted by molar-refractivity contribution is 0.0695. The van der Waals surface area contributed by atoms with E-state index >= 15 is 0 Å². The van der Waals surface area contributed by atoms with E-state index in [4.69, 9.17) is 4.74 Å². The molecule has 2 saturated heterocycles. The highest BCUT2D eigenvalue weighted by Gasteiger charge is 2.35. The van der Waals surface area contributed by atoms with Gasteiger partial charge in [0.2, 0.25) is 0 Å². The average Bonchev–Trinajstić information content (AvgIpc) is 2.94. The lowest BCUT2D eigenvalue weighted by Gasteiger charge is -2.36. The second-order valence-corrected chi connectivity index (χ2v) is 7.44. The zero-order valence-corrected chi connectivity index (χ0v) is 13.0. The molecule has 118 valence electrons. The summed E-state index contributed by atoms with van der Waals surface area (Å²) in [4.78, 5) is 0. The highest BCUT2D eigenvalue weighted by atomic mass is 32.2. The molecule has 1 atom stereocenters. The van der Waals surface area contributed by atoms with Gasteiger partial charge < -0.3 is 9.30 Å². The van der Waals surface area contributed by atoms with Crippen LogP contribution < -0.4 is 0 Å². The third-order valence-electron chi connectivity index (χ3n) is 4.12. The second kappa shape index (κ2) is 5.99. The van der Waals surface area contributed by atoms with Crippen molar-refractivity contribution in [3.63, 3.8) is 0 Å². The predicted molar refractivity (Wildman–Crippen MR) is 75.9 cm³/mol. The van der Waals surface area contributed by atoms with Crippen molar-refractivity contribution >= 4 is 10.2 Å². The first kappa shape index (κ1) is 14.9. The van der Waals surface area contributed by atoms with Gasteiger partial charge in [0.05, 0.1) is 13.2 Å². The predicted octanol–water partition coefficient (Wildman–Crippen LogP) is -0.428. The number of piperidine rings is 1. The van der Waals surface area contributed by atoms with Gasteiger partial charge in [-0.2, -0.15) is 17.0 Å². The topological polar surface area (TPSA) is 80.6 Å². The van der Waals surface area contributed by atoms with Crippen molar-refractivity contribution in [2.45, 2.75) is 18.8 Å². The first-order valence-electron chi connectivity index (χ1n) is 7.26. The normalized spacial score (nSPS) is 26.0. The molecular weight excluding hydrogens is 294 g/mol. The fourth-order valence-corrected chi connectivity index (χ4v) is 4.63. The van der Waals surface area contributed by atoms with E-state index in [9.17, 15) is 8.42 Å². The van der Waals surface area contributed by atoms with Gasteiger partial charge in [0, 0.05) is 39.1 Å². The smallest absolute Gasteiger partial charge is 0.282 e. The lowest BCUT2D eigenvalue weighted by Crippen LogP contribution is -2.51. The minimum Gasteiger partial charge on any atom is -0.379 e. The fourth-order valence-electron chi connectivity index (χ4n) is 2.97. The van der Waals surface area contributed by atoms with Crippen LogP contribution in [0.2, 0.25) is 0 Å². The van der Waals surface area contributed by atoms with Crippen molar-refractivity contribution in [3.05, 3.63) is 12.2 Å². The number of hydrogen-bond donors (Lipinski definition) is 0. The van der Waals surface area contributed by atoms with E-state index in [1.807, 2.05) is 11.6 Å². The Balaban J connectivity index is 1.75. The van der Waals surface area contributed by atoms with E-state index in [0.29, 0.717) is 39.4 Å². The summed E-state index contributed by atoms with van der Waals surface area (Å²) < 4.78 is 35.6. The second-order valence-electron chi connectivity index (χ2n) is 5.52. The summed E-state index contributed by atoms with van der Waals surface area (Å²) in [6, 6.07) is 0. The number of hydrogen-bond acceptors (Lipinski definition) is 5. The van der Waals surface area contributed by atoms with Gasteiger partial charge in [0.25, 0.3) is 10.2 Å². The van der Waals surface area contributed by atoms with Crippen LogP contribution in [0.5, 0.6) is 0 Å². The van der Waals surface area contributed by atoms with E-state index in [-0.39, 0.29) is 5.92 Å². The van der Waals surface area contributed by atoms with Gasteiger partial charge in [-0.05, 0) is 12.8 Å². The summed E-state index contributed by atoms with van der Waals surface area (Å²) in [5.41, 5.74) is 0. The standard InChI is InChI=1S/C12H21N5O3S/c1-15-10-13-14-12(15)11-3-2-4-17(9-11)21(18,19)16-5-7-20-8-6-16/h10-11H,2-9H2,1H3. The Labute approximate surface area is 124 Å². The Morgan fingerprint density at radius 1 is 1.24 bits per heavy atom. The molecule has 0 aliphatic carbocycles. The minimum atomic E-state index is -3.39. The van der Waals surface area contributed by atoms with E-state index < -0.39 is 10.2 Å². The highest BCUT2D eigenvalue weighted by Crippen LogP contribution is 2.27. The van der Waals surface area contributed by atoms with Crippen LogP contribution in [-0.4, -0.2) is 71.2 Å². The van der Waals surface area contributed by atoms with E-state index in [2.05, 4.69) is 10.2 Å². The van der Waals surface area contributed by atoms with Gasteiger partial charge in [-0.15, -0.1) is 10.2 Å². The molecular formula is C12H21N5O3S. The maximum Gasteiger partial charge on any atom is 0.282 e. The molecule has 2 aliphatic rings. The van der Waals surface area contributed by atoms with Crippen molar-refractivity contribution < 1.29 is 13.2 Å². The minimum absolute atomic E-state index is 0.113. The molecule has 0 aromatic carbocycles. The van der Waals surface area contributed by atoms with Crippen LogP contribution in [0.25, 0.3) is 0 Å². The van der Waals surface area contributed by atoms with E-state index in [0.717, 1.165) is 18.7 Å². The van der Waals surface area contributed by atoms with Crippen LogP contribution in [0.15, 0.2) is 6.33 Å². The molecule has 0 amide bonds. The van der Waals surface area contributed by atoms with Gasteiger partial charge in [0.15, 0.2) is 0 Å². The van der Waals surface area contributed by atoms with E-state index in [1.54, 1.807) is 10.6 Å². The fraction of sp³-hybridized carbons (Fsp3) is 0.833. The number of nitrogens with zero attached hydrogens (tertiary/aromatic N) is 5. The Kier molecular flexibility index (Phi) is 4.25. The molecule has 1 aromatic rings. The zero-order valence-electron chi connectivity index (χ0n) is 12.2. The lowest BCUT2D eigenvalue weighted by atomic mass is 9.99. The van der Waals surface area contributed by atoms with Crippen molar-refractivity contribution in [3.8, 4) is 0 Å². The molecule has 0 saturated carbocycles. The molecule has 8 nitrogen and oxygen atoms in total. The highest BCUT2D eigenvalue weighted by molar-refractivity contribution is 7.86. The summed E-state index contributed by atoms with van der Waals surface area (Å²) in [6.07, 6.45) is 3.45. The van der Waals surface area contributed by atoms with Gasteiger partial charge >= 0.3 is 0 Å². The van der Waals surface area contributed by atoms with Crippen LogP contribution in [0.3, 0.4) is 0 Å². The van der Waals surface area contributed by atoms with Gasteiger partial charge in [0.1, 0.15) is 12.2 Å². The average molecular weight is 315 g/mol. The molecule has 21 heavy (non-hydrogen) atoms. The summed E-state index contributed by atoms with van der Waals surface area (Å²) in [7, 11) is -1.50. The Morgan fingerprint density at radius 3 is 2.67 bits per heavy atom. The molecule has 0 spiro atoms. The molecule has 0 bridgehead atoms. The van der Waals surface area contributed by atoms with Crippen LogP contribution in [0, 0.1) is 0 Å². The summed E-state index contributed by atoms with van der Waals surface area (Å²) >= 11 is 0. The third kappa shape index (κ3) is 2.96. The first-order chi connectivity index (χ1) is 10.1. The van der Waals surface area contributed by atoms with Gasteiger partial charge in [-0.25, -0.2) is 0 Å².